The molecule has 0 aliphatic rings. The summed E-state index contributed by atoms with van der Waals surface area (Å²) in [6.07, 6.45) is 1.76. The number of nitrogens with zero attached hydrogens (tertiary/aromatic N) is 2. The summed E-state index contributed by atoms with van der Waals surface area (Å²) in [7, 11) is 3.55. The van der Waals surface area contributed by atoms with Crippen LogP contribution in [0.4, 0.5) is 0 Å². The van der Waals surface area contributed by atoms with Crippen molar-refractivity contribution in [3.8, 4) is 5.75 Å². The van der Waals surface area contributed by atoms with E-state index in [0.29, 0.717) is 0 Å². The van der Waals surface area contributed by atoms with Crippen LogP contribution in [0.25, 0.3) is 0 Å². The molecule has 1 atom stereocenters. The fourth-order valence-electron chi connectivity index (χ4n) is 2.09. The Kier molecular flexibility index (Phi) is 4.24. The van der Waals surface area contributed by atoms with Crippen LogP contribution in [-0.4, -0.2) is 16.9 Å². The predicted octanol–water partition coefficient (Wildman–Crippen LogP) is 2.05. The molecule has 3 N–H and O–H groups in total. The zero-order valence-corrected chi connectivity index (χ0v) is 12.7. The van der Waals surface area contributed by atoms with E-state index in [1.165, 1.54) is 0 Å². The van der Waals surface area contributed by atoms with Gasteiger partial charge < -0.3 is 4.74 Å². The average molecular weight is 325 g/mol. The third kappa shape index (κ3) is 2.65. The normalized spacial score (nSPS) is 12.5. The zero-order valence-electron chi connectivity index (χ0n) is 11.1. The SMILES string of the molecule is COc1cc(C(NN)c2c(Br)cnn2C)ccc1C. The van der Waals surface area contributed by atoms with Gasteiger partial charge in [0.2, 0.25) is 0 Å². The number of benzene rings is 1. The van der Waals surface area contributed by atoms with E-state index < -0.39 is 0 Å². The minimum atomic E-state index is -0.156. The van der Waals surface area contributed by atoms with Gasteiger partial charge in [0.25, 0.3) is 0 Å². The standard InChI is InChI=1S/C13H17BrN4O/c1-8-4-5-9(6-11(8)19-3)12(17-15)13-10(14)7-16-18(13)2/h4-7,12,17H,15H2,1-3H3. The molecule has 102 valence electrons. The highest BCUT2D eigenvalue weighted by atomic mass is 79.9. The van der Waals surface area contributed by atoms with Gasteiger partial charge in [-0.3, -0.25) is 10.5 Å². The first-order chi connectivity index (χ1) is 9.08. The second kappa shape index (κ2) is 5.73. The molecule has 0 spiro atoms. The van der Waals surface area contributed by atoms with Crippen LogP contribution in [0.5, 0.6) is 5.75 Å². The fourth-order valence-corrected chi connectivity index (χ4v) is 2.67. The summed E-state index contributed by atoms with van der Waals surface area (Å²) < 4.78 is 8.06. The van der Waals surface area contributed by atoms with Crippen molar-refractivity contribution in [2.45, 2.75) is 13.0 Å². The third-order valence-corrected chi connectivity index (χ3v) is 3.75. The van der Waals surface area contributed by atoms with Gasteiger partial charge in [-0.2, -0.15) is 5.10 Å². The second-order valence-electron chi connectivity index (χ2n) is 4.33. The molecule has 2 rings (SSSR count). The van der Waals surface area contributed by atoms with Crippen molar-refractivity contribution in [3.63, 3.8) is 0 Å². The molecule has 0 aliphatic heterocycles. The lowest BCUT2D eigenvalue weighted by Crippen LogP contribution is -2.30. The largest absolute Gasteiger partial charge is 0.496 e. The summed E-state index contributed by atoms with van der Waals surface area (Å²) in [6, 6.07) is 5.88. The number of halogens is 1. The molecule has 0 amide bonds. The molecule has 1 heterocycles. The molecule has 0 fully saturated rings. The molecule has 1 aromatic heterocycles. The first-order valence-electron chi connectivity index (χ1n) is 5.86. The van der Waals surface area contributed by atoms with E-state index in [1.54, 1.807) is 18.0 Å². The van der Waals surface area contributed by atoms with Gasteiger partial charge in [0.15, 0.2) is 0 Å². The highest BCUT2D eigenvalue weighted by Crippen LogP contribution is 2.30. The molecular weight excluding hydrogens is 308 g/mol. The quantitative estimate of drug-likeness (QED) is 0.667. The Balaban J connectivity index is 2.48. The van der Waals surface area contributed by atoms with Gasteiger partial charge in [-0.1, -0.05) is 12.1 Å². The Bertz CT molecular complexity index is 563. The number of aromatic nitrogens is 2. The Morgan fingerprint density at radius 2 is 2.21 bits per heavy atom. The molecule has 1 unspecified atom stereocenters. The maximum absolute atomic E-state index is 5.71. The van der Waals surface area contributed by atoms with Gasteiger partial charge in [0.1, 0.15) is 5.75 Å². The Hall–Kier alpha value is -1.37. The van der Waals surface area contributed by atoms with Crippen LogP contribution in [-0.2, 0) is 7.05 Å². The fraction of sp³-hybridized carbons (Fsp3) is 0.308. The van der Waals surface area contributed by atoms with Crippen LogP contribution in [0.3, 0.4) is 0 Å². The maximum atomic E-state index is 5.71. The molecule has 0 aliphatic carbocycles. The van der Waals surface area contributed by atoms with Crippen molar-refractivity contribution in [1.29, 1.82) is 0 Å². The minimum absolute atomic E-state index is 0.156. The van der Waals surface area contributed by atoms with E-state index in [0.717, 1.165) is 27.0 Å². The van der Waals surface area contributed by atoms with E-state index in [4.69, 9.17) is 10.6 Å². The zero-order chi connectivity index (χ0) is 14.0. The van der Waals surface area contributed by atoms with Crippen LogP contribution in [0.1, 0.15) is 22.9 Å². The second-order valence-corrected chi connectivity index (χ2v) is 5.18. The van der Waals surface area contributed by atoms with Crippen LogP contribution in [0.15, 0.2) is 28.9 Å². The number of methoxy groups -OCH3 is 1. The first kappa shape index (κ1) is 14.0. The Morgan fingerprint density at radius 3 is 2.74 bits per heavy atom. The molecular formula is C13H17BrN4O. The number of hydrogen-bond donors (Lipinski definition) is 2. The number of rotatable bonds is 4. The summed E-state index contributed by atoms with van der Waals surface area (Å²) in [5, 5.41) is 4.21. The molecule has 0 saturated carbocycles. The lowest BCUT2D eigenvalue weighted by atomic mass is 10.0. The third-order valence-electron chi connectivity index (χ3n) is 3.14. The highest BCUT2D eigenvalue weighted by Gasteiger charge is 2.20. The van der Waals surface area contributed by atoms with Gasteiger partial charge in [-0.25, -0.2) is 5.43 Å². The predicted molar refractivity (Wildman–Crippen MR) is 77.8 cm³/mol. The van der Waals surface area contributed by atoms with Crippen molar-refractivity contribution >= 4 is 15.9 Å². The lowest BCUT2D eigenvalue weighted by Gasteiger charge is -2.19. The molecule has 1 aromatic carbocycles. The average Bonchev–Trinajstić information content (AvgIpc) is 2.73. The van der Waals surface area contributed by atoms with Crippen LogP contribution in [0, 0.1) is 6.92 Å². The molecule has 0 bridgehead atoms. The number of ether oxygens (including phenoxy) is 1. The molecule has 0 radical (unpaired) electrons. The van der Waals surface area contributed by atoms with Crippen molar-refractivity contribution in [2.24, 2.45) is 12.9 Å². The smallest absolute Gasteiger partial charge is 0.122 e. The summed E-state index contributed by atoms with van der Waals surface area (Å²) in [5.41, 5.74) is 5.90. The summed E-state index contributed by atoms with van der Waals surface area (Å²) in [5.74, 6) is 6.55. The lowest BCUT2D eigenvalue weighted by molar-refractivity contribution is 0.410. The number of hydrazine groups is 1. The highest BCUT2D eigenvalue weighted by molar-refractivity contribution is 9.10. The Morgan fingerprint density at radius 1 is 1.47 bits per heavy atom. The van der Waals surface area contributed by atoms with Gasteiger partial charge >= 0.3 is 0 Å². The van der Waals surface area contributed by atoms with Crippen LogP contribution in [0.2, 0.25) is 0 Å². The van der Waals surface area contributed by atoms with Crippen molar-refractivity contribution in [3.05, 3.63) is 45.7 Å². The van der Waals surface area contributed by atoms with Gasteiger partial charge in [-0.15, -0.1) is 0 Å². The molecule has 2 aromatic rings. The first-order valence-corrected chi connectivity index (χ1v) is 6.65. The summed E-state index contributed by atoms with van der Waals surface area (Å²) in [6.45, 7) is 2.01. The molecule has 6 heteroatoms. The van der Waals surface area contributed by atoms with Crippen molar-refractivity contribution < 1.29 is 4.74 Å². The van der Waals surface area contributed by atoms with Crippen molar-refractivity contribution in [1.82, 2.24) is 15.2 Å². The number of nitrogens with two attached hydrogens (primary N) is 1. The van der Waals surface area contributed by atoms with Gasteiger partial charge in [0, 0.05) is 7.05 Å². The monoisotopic (exact) mass is 324 g/mol. The molecule has 5 nitrogen and oxygen atoms in total. The molecule has 0 saturated heterocycles. The maximum Gasteiger partial charge on any atom is 0.122 e. The van der Waals surface area contributed by atoms with E-state index >= 15 is 0 Å². The molecule has 19 heavy (non-hydrogen) atoms. The van der Waals surface area contributed by atoms with E-state index in [2.05, 4.69) is 26.5 Å². The number of hydrogen-bond acceptors (Lipinski definition) is 4. The van der Waals surface area contributed by atoms with Gasteiger partial charge in [0.05, 0.1) is 29.5 Å². The van der Waals surface area contributed by atoms with Crippen LogP contribution >= 0.6 is 15.9 Å². The number of aryl methyl sites for hydroxylation is 2. The van der Waals surface area contributed by atoms with E-state index in [9.17, 15) is 0 Å². The minimum Gasteiger partial charge on any atom is -0.496 e. The summed E-state index contributed by atoms with van der Waals surface area (Å²) >= 11 is 3.50. The summed E-state index contributed by atoms with van der Waals surface area (Å²) in [4.78, 5) is 0. The van der Waals surface area contributed by atoms with E-state index in [-0.39, 0.29) is 6.04 Å². The topological polar surface area (TPSA) is 65.1 Å². The van der Waals surface area contributed by atoms with E-state index in [1.807, 2.05) is 32.2 Å². The van der Waals surface area contributed by atoms with Gasteiger partial charge in [-0.05, 0) is 40.0 Å². The Labute approximate surface area is 120 Å². The number of nitrogens with one attached hydrogen (secondary N) is 1. The van der Waals surface area contributed by atoms with Crippen molar-refractivity contribution in [2.75, 3.05) is 7.11 Å². The van der Waals surface area contributed by atoms with Crippen LogP contribution < -0.4 is 16.0 Å².